The fourth-order valence-electron chi connectivity index (χ4n) is 2.34. The minimum absolute atomic E-state index is 0.133. The molecule has 0 atom stereocenters. The number of aryl methyl sites for hydroxylation is 1. The maximum atomic E-state index is 11.3. The van der Waals surface area contributed by atoms with Crippen LogP contribution in [0.25, 0.3) is 0 Å². The molecule has 7 nitrogen and oxygen atoms in total. The normalized spacial score (nSPS) is 16.0. The first-order chi connectivity index (χ1) is 10.1. The molecule has 0 aliphatic carbocycles. The third-order valence-electron chi connectivity index (χ3n) is 3.50. The van der Waals surface area contributed by atoms with Crippen molar-refractivity contribution in [2.75, 3.05) is 33.2 Å². The Kier molecular flexibility index (Phi) is 5.08. The van der Waals surface area contributed by atoms with E-state index in [0.717, 1.165) is 43.7 Å². The molecule has 2 heterocycles. The minimum atomic E-state index is 0.133. The first kappa shape index (κ1) is 15.2. The highest BCUT2D eigenvalue weighted by molar-refractivity contribution is 5.80. The summed E-state index contributed by atoms with van der Waals surface area (Å²) < 4.78 is 0. The number of hydrogen-bond acceptors (Lipinski definition) is 4. The van der Waals surface area contributed by atoms with Crippen molar-refractivity contribution in [1.82, 2.24) is 25.1 Å². The maximum Gasteiger partial charge on any atom is 0.219 e. The lowest BCUT2D eigenvalue weighted by Gasteiger charge is -2.36. The Bertz CT molecular complexity index is 522. The van der Waals surface area contributed by atoms with Crippen LogP contribution in [0.1, 0.15) is 18.4 Å². The Morgan fingerprint density at radius 3 is 2.57 bits per heavy atom. The van der Waals surface area contributed by atoms with E-state index in [4.69, 9.17) is 0 Å². The SMILES string of the molecule is CN=C(NCc1ccnc(C)n1)N1CCN(C(C)=O)CC1. The van der Waals surface area contributed by atoms with Crippen LogP contribution in [0, 0.1) is 6.92 Å². The van der Waals surface area contributed by atoms with Gasteiger partial charge in [-0.1, -0.05) is 0 Å². The van der Waals surface area contributed by atoms with Crippen molar-refractivity contribution >= 4 is 11.9 Å². The van der Waals surface area contributed by atoms with Crippen molar-refractivity contribution in [3.63, 3.8) is 0 Å². The Balaban J connectivity index is 1.88. The summed E-state index contributed by atoms with van der Waals surface area (Å²) in [7, 11) is 1.77. The van der Waals surface area contributed by atoms with Crippen LogP contribution in [0.2, 0.25) is 0 Å². The summed E-state index contributed by atoms with van der Waals surface area (Å²) in [6.07, 6.45) is 1.76. The lowest BCUT2D eigenvalue weighted by atomic mass is 10.3. The first-order valence-corrected chi connectivity index (χ1v) is 7.10. The van der Waals surface area contributed by atoms with Crippen molar-refractivity contribution < 1.29 is 4.79 Å². The van der Waals surface area contributed by atoms with E-state index >= 15 is 0 Å². The molecule has 1 aromatic rings. The Morgan fingerprint density at radius 2 is 2.00 bits per heavy atom. The molecular formula is C14H22N6O. The van der Waals surface area contributed by atoms with Gasteiger partial charge in [0.15, 0.2) is 5.96 Å². The third kappa shape index (κ3) is 4.14. The molecule has 1 saturated heterocycles. The van der Waals surface area contributed by atoms with Crippen molar-refractivity contribution in [2.45, 2.75) is 20.4 Å². The molecule has 0 bridgehead atoms. The molecule has 0 aromatic carbocycles. The molecular weight excluding hydrogens is 268 g/mol. The number of rotatable bonds is 2. The van der Waals surface area contributed by atoms with Crippen LogP contribution in [0.4, 0.5) is 0 Å². The van der Waals surface area contributed by atoms with Gasteiger partial charge in [0.2, 0.25) is 5.91 Å². The van der Waals surface area contributed by atoms with Gasteiger partial charge in [0.25, 0.3) is 0 Å². The van der Waals surface area contributed by atoms with Crippen LogP contribution in [-0.4, -0.2) is 64.9 Å². The predicted octanol–water partition coefficient (Wildman–Crippen LogP) is 0.0245. The van der Waals surface area contributed by atoms with E-state index in [0.29, 0.717) is 6.54 Å². The highest BCUT2D eigenvalue weighted by Crippen LogP contribution is 2.03. The van der Waals surface area contributed by atoms with Gasteiger partial charge < -0.3 is 15.1 Å². The van der Waals surface area contributed by atoms with Crippen LogP contribution in [0.15, 0.2) is 17.3 Å². The van der Waals surface area contributed by atoms with Gasteiger partial charge in [0.05, 0.1) is 12.2 Å². The van der Waals surface area contributed by atoms with Gasteiger partial charge in [0, 0.05) is 46.3 Å². The third-order valence-corrected chi connectivity index (χ3v) is 3.50. The molecule has 1 aliphatic rings. The Morgan fingerprint density at radius 1 is 1.33 bits per heavy atom. The van der Waals surface area contributed by atoms with Gasteiger partial charge in [-0.25, -0.2) is 9.97 Å². The topological polar surface area (TPSA) is 73.7 Å². The van der Waals surface area contributed by atoms with E-state index in [9.17, 15) is 4.79 Å². The van der Waals surface area contributed by atoms with E-state index in [-0.39, 0.29) is 5.91 Å². The van der Waals surface area contributed by atoms with Crippen molar-refractivity contribution in [2.24, 2.45) is 4.99 Å². The van der Waals surface area contributed by atoms with Gasteiger partial charge in [-0.3, -0.25) is 9.79 Å². The molecule has 0 radical (unpaired) electrons. The average Bonchev–Trinajstić information content (AvgIpc) is 2.48. The molecule has 1 aromatic heterocycles. The molecule has 0 saturated carbocycles. The molecule has 21 heavy (non-hydrogen) atoms. The second-order valence-corrected chi connectivity index (χ2v) is 4.99. The van der Waals surface area contributed by atoms with E-state index in [2.05, 4.69) is 25.2 Å². The summed E-state index contributed by atoms with van der Waals surface area (Å²) >= 11 is 0. The highest BCUT2D eigenvalue weighted by atomic mass is 16.2. The van der Waals surface area contributed by atoms with Crippen LogP contribution in [-0.2, 0) is 11.3 Å². The molecule has 0 spiro atoms. The standard InChI is InChI=1S/C14H22N6O/c1-11-16-5-4-13(18-11)10-17-14(15-3)20-8-6-19(7-9-20)12(2)21/h4-5H,6-10H2,1-3H3,(H,15,17). The van der Waals surface area contributed by atoms with Gasteiger partial charge >= 0.3 is 0 Å². The zero-order valence-electron chi connectivity index (χ0n) is 12.8. The predicted molar refractivity (Wildman–Crippen MR) is 80.8 cm³/mol. The Hall–Kier alpha value is -2.18. The zero-order valence-corrected chi connectivity index (χ0v) is 12.8. The highest BCUT2D eigenvalue weighted by Gasteiger charge is 2.20. The van der Waals surface area contributed by atoms with Crippen LogP contribution < -0.4 is 5.32 Å². The number of nitrogens with one attached hydrogen (secondary N) is 1. The summed E-state index contributed by atoms with van der Waals surface area (Å²) in [4.78, 5) is 28.1. The summed E-state index contributed by atoms with van der Waals surface area (Å²) in [5.41, 5.74) is 0.936. The van der Waals surface area contributed by atoms with Crippen LogP contribution in [0.5, 0.6) is 0 Å². The molecule has 1 N–H and O–H groups in total. The smallest absolute Gasteiger partial charge is 0.219 e. The van der Waals surface area contributed by atoms with Gasteiger partial charge in [-0.05, 0) is 13.0 Å². The number of hydrogen-bond donors (Lipinski definition) is 1. The van der Waals surface area contributed by atoms with E-state index in [1.165, 1.54) is 0 Å². The van der Waals surface area contributed by atoms with Gasteiger partial charge in [0.1, 0.15) is 5.82 Å². The summed E-state index contributed by atoms with van der Waals surface area (Å²) in [5.74, 6) is 1.74. The number of nitrogens with zero attached hydrogens (tertiary/aromatic N) is 5. The lowest BCUT2D eigenvalue weighted by Crippen LogP contribution is -2.53. The molecule has 2 rings (SSSR count). The lowest BCUT2D eigenvalue weighted by molar-refractivity contribution is -0.130. The minimum Gasteiger partial charge on any atom is -0.351 e. The van der Waals surface area contributed by atoms with E-state index in [1.54, 1.807) is 20.2 Å². The number of amides is 1. The summed E-state index contributed by atoms with van der Waals surface area (Å²) in [6, 6.07) is 1.89. The monoisotopic (exact) mass is 290 g/mol. The Labute approximate surface area is 125 Å². The maximum absolute atomic E-state index is 11.3. The van der Waals surface area contributed by atoms with E-state index in [1.807, 2.05) is 17.9 Å². The molecule has 1 aliphatic heterocycles. The largest absolute Gasteiger partial charge is 0.351 e. The molecule has 114 valence electrons. The molecule has 0 unspecified atom stereocenters. The average molecular weight is 290 g/mol. The number of aromatic nitrogens is 2. The molecule has 1 amide bonds. The fourth-order valence-corrected chi connectivity index (χ4v) is 2.34. The second-order valence-electron chi connectivity index (χ2n) is 4.99. The number of piperazine rings is 1. The zero-order chi connectivity index (χ0) is 15.2. The molecule has 7 heteroatoms. The van der Waals surface area contributed by atoms with Crippen molar-refractivity contribution in [1.29, 1.82) is 0 Å². The van der Waals surface area contributed by atoms with E-state index < -0.39 is 0 Å². The number of guanidine groups is 1. The van der Waals surface area contributed by atoms with Crippen molar-refractivity contribution in [3.8, 4) is 0 Å². The second kappa shape index (κ2) is 7.01. The van der Waals surface area contributed by atoms with Crippen LogP contribution in [0.3, 0.4) is 0 Å². The quantitative estimate of drug-likeness (QED) is 0.614. The van der Waals surface area contributed by atoms with Gasteiger partial charge in [-0.15, -0.1) is 0 Å². The summed E-state index contributed by atoms with van der Waals surface area (Å²) in [5, 5.41) is 3.31. The van der Waals surface area contributed by atoms with Crippen molar-refractivity contribution in [3.05, 3.63) is 23.8 Å². The number of carbonyl (C=O) groups is 1. The van der Waals surface area contributed by atoms with Gasteiger partial charge in [-0.2, -0.15) is 0 Å². The fraction of sp³-hybridized carbons (Fsp3) is 0.571. The number of aliphatic imine (C=N–C) groups is 1. The van der Waals surface area contributed by atoms with Crippen LogP contribution >= 0.6 is 0 Å². The molecule has 1 fully saturated rings. The summed E-state index contributed by atoms with van der Waals surface area (Å²) in [6.45, 7) is 7.16. The first-order valence-electron chi connectivity index (χ1n) is 7.10. The number of carbonyl (C=O) groups excluding carboxylic acids is 1.